The zero-order valence-electron chi connectivity index (χ0n) is 11.1. The van der Waals surface area contributed by atoms with Crippen molar-refractivity contribution in [2.24, 2.45) is 0 Å². The van der Waals surface area contributed by atoms with Crippen LogP contribution in [0.3, 0.4) is 0 Å². The summed E-state index contributed by atoms with van der Waals surface area (Å²) in [6.45, 7) is 1.64. The SMILES string of the molecule is Cc1cc(-n2nnnc2-c2ccc(N)c(F)c2)ccc1F. The van der Waals surface area contributed by atoms with E-state index in [-0.39, 0.29) is 11.5 Å². The van der Waals surface area contributed by atoms with Crippen LogP contribution in [0.4, 0.5) is 14.5 Å². The van der Waals surface area contributed by atoms with Crippen LogP contribution in [0.15, 0.2) is 36.4 Å². The lowest BCUT2D eigenvalue weighted by atomic mass is 10.1. The zero-order valence-corrected chi connectivity index (χ0v) is 11.1. The van der Waals surface area contributed by atoms with E-state index in [1.54, 1.807) is 25.1 Å². The molecule has 2 aromatic carbocycles. The summed E-state index contributed by atoms with van der Waals surface area (Å²) < 4.78 is 28.3. The highest BCUT2D eigenvalue weighted by atomic mass is 19.1. The first-order chi connectivity index (χ1) is 10.1. The minimum atomic E-state index is -0.544. The second-order valence-corrected chi connectivity index (χ2v) is 4.58. The Morgan fingerprint density at radius 1 is 1.05 bits per heavy atom. The minimum absolute atomic E-state index is 0.0513. The molecule has 21 heavy (non-hydrogen) atoms. The van der Waals surface area contributed by atoms with Gasteiger partial charge in [0.25, 0.3) is 0 Å². The first kappa shape index (κ1) is 13.2. The van der Waals surface area contributed by atoms with Gasteiger partial charge in [0.2, 0.25) is 0 Å². The largest absolute Gasteiger partial charge is 0.396 e. The van der Waals surface area contributed by atoms with Crippen molar-refractivity contribution in [1.82, 2.24) is 20.2 Å². The Balaban J connectivity index is 2.12. The number of halogens is 2. The second kappa shape index (κ2) is 4.93. The number of nitrogens with two attached hydrogens (primary N) is 1. The van der Waals surface area contributed by atoms with Crippen LogP contribution < -0.4 is 5.73 Å². The molecular weight excluding hydrogens is 276 g/mol. The summed E-state index contributed by atoms with van der Waals surface area (Å²) >= 11 is 0. The molecule has 3 rings (SSSR count). The predicted molar refractivity (Wildman–Crippen MR) is 73.7 cm³/mol. The molecule has 0 saturated carbocycles. The van der Waals surface area contributed by atoms with Gasteiger partial charge in [0.1, 0.15) is 11.6 Å². The maximum absolute atomic E-state index is 13.6. The Morgan fingerprint density at radius 2 is 1.86 bits per heavy atom. The van der Waals surface area contributed by atoms with Gasteiger partial charge in [0, 0.05) is 5.56 Å². The molecule has 0 aliphatic carbocycles. The van der Waals surface area contributed by atoms with Crippen LogP contribution >= 0.6 is 0 Å². The van der Waals surface area contributed by atoms with Crippen LogP contribution in [0.5, 0.6) is 0 Å². The topological polar surface area (TPSA) is 69.6 Å². The van der Waals surface area contributed by atoms with Gasteiger partial charge in [0.15, 0.2) is 5.82 Å². The number of nitrogen functional groups attached to an aromatic ring is 1. The van der Waals surface area contributed by atoms with E-state index in [0.29, 0.717) is 22.6 Å². The first-order valence-corrected chi connectivity index (χ1v) is 6.16. The lowest BCUT2D eigenvalue weighted by molar-refractivity contribution is 0.617. The van der Waals surface area contributed by atoms with E-state index in [2.05, 4.69) is 15.5 Å². The Bertz CT molecular complexity index is 747. The molecule has 0 atom stereocenters. The molecule has 0 aliphatic rings. The highest BCUT2D eigenvalue weighted by Gasteiger charge is 2.13. The summed E-state index contributed by atoms with van der Waals surface area (Å²) in [4.78, 5) is 0. The van der Waals surface area contributed by atoms with E-state index in [4.69, 9.17) is 5.73 Å². The number of anilines is 1. The molecule has 5 nitrogen and oxygen atoms in total. The van der Waals surface area contributed by atoms with Gasteiger partial charge in [-0.2, -0.15) is 4.68 Å². The molecule has 0 unspecified atom stereocenters. The standard InChI is InChI=1S/C14H11F2N5/c1-8-6-10(3-4-11(8)15)21-14(18-19-20-21)9-2-5-13(17)12(16)7-9/h2-7H,17H2,1H3. The highest BCUT2D eigenvalue weighted by molar-refractivity contribution is 5.61. The van der Waals surface area contributed by atoms with Crippen LogP contribution in [0.2, 0.25) is 0 Å². The predicted octanol–water partition coefficient (Wildman–Crippen LogP) is 2.50. The molecular formula is C14H11F2N5. The van der Waals surface area contributed by atoms with Crippen molar-refractivity contribution in [3.05, 3.63) is 53.6 Å². The number of nitrogens with zero attached hydrogens (tertiary/aromatic N) is 4. The highest BCUT2D eigenvalue weighted by Crippen LogP contribution is 2.23. The number of aromatic nitrogens is 4. The fourth-order valence-electron chi connectivity index (χ4n) is 1.97. The molecule has 2 N–H and O–H groups in total. The van der Waals surface area contributed by atoms with Gasteiger partial charge >= 0.3 is 0 Å². The minimum Gasteiger partial charge on any atom is -0.396 e. The number of aryl methyl sites for hydroxylation is 1. The number of hydrogen-bond donors (Lipinski definition) is 1. The van der Waals surface area contributed by atoms with Crippen LogP contribution in [0, 0.1) is 18.6 Å². The van der Waals surface area contributed by atoms with Crippen molar-refractivity contribution in [1.29, 1.82) is 0 Å². The average molecular weight is 287 g/mol. The summed E-state index contributed by atoms with van der Waals surface area (Å²) in [5.41, 5.74) is 7.04. The van der Waals surface area contributed by atoms with Gasteiger partial charge in [-0.15, -0.1) is 5.10 Å². The van der Waals surface area contributed by atoms with Crippen molar-refractivity contribution in [2.45, 2.75) is 6.92 Å². The number of tetrazole rings is 1. The van der Waals surface area contributed by atoms with Crippen molar-refractivity contribution >= 4 is 5.69 Å². The monoisotopic (exact) mass is 287 g/mol. The molecule has 0 spiro atoms. The molecule has 0 amide bonds. The molecule has 0 fully saturated rings. The Morgan fingerprint density at radius 3 is 2.57 bits per heavy atom. The van der Waals surface area contributed by atoms with E-state index >= 15 is 0 Å². The average Bonchev–Trinajstić information content (AvgIpc) is 2.94. The van der Waals surface area contributed by atoms with Crippen molar-refractivity contribution in [2.75, 3.05) is 5.73 Å². The normalized spacial score (nSPS) is 10.8. The smallest absolute Gasteiger partial charge is 0.187 e. The third-order valence-corrected chi connectivity index (χ3v) is 3.11. The fourth-order valence-corrected chi connectivity index (χ4v) is 1.97. The Labute approximate surface area is 119 Å². The summed E-state index contributed by atoms with van der Waals surface area (Å²) in [6.07, 6.45) is 0. The van der Waals surface area contributed by atoms with Gasteiger partial charge in [-0.25, -0.2) is 8.78 Å². The van der Waals surface area contributed by atoms with Crippen LogP contribution in [0.25, 0.3) is 17.1 Å². The number of rotatable bonds is 2. The van der Waals surface area contributed by atoms with Crippen LogP contribution in [-0.4, -0.2) is 20.2 Å². The van der Waals surface area contributed by atoms with Crippen molar-refractivity contribution < 1.29 is 8.78 Å². The van der Waals surface area contributed by atoms with E-state index in [9.17, 15) is 8.78 Å². The van der Waals surface area contributed by atoms with Crippen LogP contribution in [-0.2, 0) is 0 Å². The van der Waals surface area contributed by atoms with Gasteiger partial charge in [0.05, 0.1) is 11.4 Å². The van der Waals surface area contributed by atoms with E-state index in [0.717, 1.165) is 0 Å². The van der Waals surface area contributed by atoms with Crippen molar-refractivity contribution in [3.63, 3.8) is 0 Å². The molecule has 1 heterocycles. The quantitative estimate of drug-likeness (QED) is 0.735. The van der Waals surface area contributed by atoms with Gasteiger partial charge in [-0.1, -0.05) is 0 Å². The molecule has 0 radical (unpaired) electrons. The molecule has 0 aliphatic heterocycles. The number of benzene rings is 2. The summed E-state index contributed by atoms with van der Waals surface area (Å²) in [5, 5.41) is 11.3. The summed E-state index contributed by atoms with van der Waals surface area (Å²) in [5.74, 6) is -0.510. The molecule has 3 aromatic rings. The summed E-state index contributed by atoms with van der Waals surface area (Å²) in [7, 11) is 0. The van der Waals surface area contributed by atoms with Crippen LogP contribution in [0.1, 0.15) is 5.56 Å². The third-order valence-electron chi connectivity index (χ3n) is 3.11. The van der Waals surface area contributed by atoms with Crippen molar-refractivity contribution in [3.8, 4) is 17.1 Å². The Hall–Kier alpha value is -2.83. The lowest BCUT2D eigenvalue weighted by Gasteiger charge is -2.07. The van der Waals surface area contributed by atoms with E-state index in [1.165, 1.54) is 22.9 Å². The molecule has 0 saturated heterocycles. The fraction of sp³-hybridized carbons (Fsp3) is 0.0714. The third kappa shape index (κ3) is 2.33. The van der Waals surface area contributed by atoms with E-state index < -0.39 is 5.82 Å². The van der Waals surface area contributed by atoms with Gasteiger partial charge in [-0.05, 0) is 59.3 Å². The molecule has 7 heteroatoms. The van der Waals surface area contributed by atoms with E-state index in [1.807, 2.05) is 0 Å². The Kier molecular flexibility index (Phi) is 3.09. The zero-order chi connectivity index (χ0) is 15.0. The maximum atomic E-state index is 13.6. The second-order valence-electron chi connectivity index (χ2n) is 4.58. The first-order valence-electron chi connectivity index (χ1n) is 6.16. The molecule has 106 valence electrons. The molecule has 0 bridgehead atoms. The van der Waals surface area contributed by atoms with Gasteiger partial charge in [-0.3, -0.25) is 0 Å². The number of hydrogen-bond acceptors (Lipinski definition) is 4. The maximum Gasteiger partial charge on any atom is 0.187 e. The lowest BCUT2D eigenvalue weighted by Crippen LogP contribution is -2.01. The molecule has 1 aromatic heterocycles. The summed E-state index contributed by atoms with van der Waals surface area (Å²) in [6, 6.07) is 8.82. The van der Waals surface area contributed by atoms with Gasteiger partial charge < -0.3 is 5.73 Å².